The summed E-state index contributed by atoms with van der Waals surface area (Å²) in [6.07, 6.45) is 5.71. The van der Waals surface area contributed by atoms with Gasteiger partial charge in [-0.2, -0.15) is 0 Å². The fraction of sp³-hybridized carbons (Fsp3) is 0.600. The van der Waals surface area contributed by atoms with Crippen molar-refractivity contribution in [2.45, 2.75) is 59.0 Å². The Labute approximate surface area is 148 Å². The third-order valence-electron chi connectivity index (χ3n) is 5.91. The Morgan fingerprint density at radius 2 is 2.12 bits per heavy atom. The van der Waals surface area contributed by atoms with E-state index in [1.54, 1.807) is 0 Å². The molecule has 1 aliphatic heterocycles. The largest absolute Gasteiger partial charge is 0.481 e. The third-order valence-corrected chi connectivity index (χ3v) is 5.91. The highest BCUT2D eigenvalue weighted by Crippen LogP contribution is 2.52. The lowest BCUT2D eigenvalue weighted by molar-refractivity contribution is -0.136. The Bertz CT molecular complexity index is 825. The zero-order chi connectivity index (χ0) is 17.8. The average molecular weight is 341 g/mol. The lowest BCUT2D eigenvalue weighted by Crippen LogP contribution is -2.34. The van der Waals surface area contributed by atoms with Crippen molar-refractivity contribution >= 4 is 11.6 Å². The second-order valence-electron chi connectivity index (χ2n) is 9.12. The number of aliphatic carboxylic acids is 1. The van der Waals surface area contributed by atoms with Crippen LogP contribution in [0.1, 0.15) is 51.4 Å². The Morgan fingerprint density at radius 1 is 1.32 bits per heavy atom. The summed E-state index contributed by atoms with van der Waals surface area (Å²) in [4.78, 5) is 18.4. The molecule has 4 rings (SSSR count). The van der Waals surface area contributed by atoms with Gasteiger partial charge in [0.2, 0.25) is 0 Å². The van der Waals surface area contributed by atoms with Crippen LogP contribution in [-0.2, 0) is 17.8 Å². The Hall–Kier alpha value is -1.88. The molecule has 1 saturated heterocycles. The van der Waals surface area contributed by atoms with E-state index in [-0.39, 0.29) is 6.42 Å². The van der Waals surface area contributed by atoms with E-state index in [4.69, 9.17) is 0 Å². The first-order valence-electron chi connectivity index (χ1n) is 9.15. The van der Waals surface area contributed by atoms with Crippen LogP contribution in [0, 0.1) is 10.8 Å². The summed E-state index contributed by atoms with van der Waals surface area (Å²) in [6, 6.07) is 6.46. The van der Waals surface area contributed by atoms with Crippen LogP contribution in [0.4, 0.5) is 0 Å². The number of hydrogen-bond donors (Lipinski definition) is 1. The summed E-state index contributed by atoms with van der Waals surface area (Å²) in [5, 5.41) is 9.27. The molecule has 2 atom stereocenters. The van der Waals surface area contributed by atoms with Gasteiger partial charge in [0.15, 0.2) is 0 Å². The fourth-order valence-corrected chi connectivity index (χ4v) is 5.50. The highest BCUT2D eigenvalue weighted by Gasteiger charge is 2.49. The molecule has 1 saturated carbocycles. The van der Waals surface area contributed by atoms with E-state index < -0.39 is 5.97 Å². The summed E-state index contributed by atoms with van der Waals surface area (Å²) >= 11 is 0. The highest BCUT2D eigenvalue weighted by atomic mass is 16.4. The summed E-state index contributed by atoms with van der Waals surface area (Å²) in [5.41, 5.74) is 3.33. The zero-order valence-corrected chi connectivity index (χ0v) is 15.3. The van der Waals surface area contributed by atoms with Crippen LogP contribution in [0.2, 0.25) is 0 Å². The van der Waals surface area contributed by atoms with Gasteiger partial charge in [0.1, 0.15) is 5.65 Å². The molecule has 0 spiro atoms. The van der Waals surface area contributed by atoms with E-state index in [1.165, 1.54) is 19.3 Å². The summed E-state index contributed by atoms with van der Waals surface area (Å²) in [5.74, 6) is -0.821. The molecule has 2 aromatic rings. The molecule has 134 valence electrons. The van der Waals surface area contributed by atoms with Gasteiger partial charge in [-0.05, 0) is 42.2 Å². The van der Waals surface area contributed by atoms with Crippen molar-refractivity contribution in [1.29, 1.82) is 0 Å². The third kappa shape index (κ3) is 3.06. The van der Waals surface area contributed by atoms with Gasteiger partial charge in [0.05, 0.1) is 17.8 Å². The Morgan fingerprint density at radius 3 is 2.88 bits per heavy atom. The lowest BCUT2D eigenvalue weighted by atomic mass is 9.65. The quantitative estimate of drug-likeness (QED) is 0.926. The summed E-state index contributed by atoms with van der Waals surface area (Å²) < 4.78 is 2.06. The maximum absolute atomic E-state index is 11.3. The van der Waals surface area contributed by atoms with Crippen LogP contribution < -0.4 is 0 Å². The second kappa shape index (κ2) is 5.56. The molecule has 0 amide bonds. The van der Waals surface area contributed by atoms with Crippen molar-refractivity contribution in [1.82, 2.24) is 14.3 Å². The smallest absolute Gasteiger partial charge is 0.309 e. The molecule has 25 heavy (non-hydrogen) atoms. The number of rotatable bonds is 4. The minimum atomic E-state index is -0.821. The number of hydrogen-bond acceptors (Lipinski definition) is 3. The zero-order valence-electron chi connectivity index (χ0n) is 15.3. The van der Waals surface area contributed by atoms with Crippen molar-refractivity contribution in [3.05, 3.63) is 35.8 Å². The molecule has 2 unspecified atom stereocenters. The van der Waals surface area contributed by atoms with Crippen LogP contribution in [0.25, 0.3) is 5.65 Å². The van der Waals surface area contributed by atoms with E-state index in [2.05, 4.69) is 35.1 Å². The number of aromatic nitrogens is 2. The van der Waals surface area contributed by atoms with Gasteiger partial charge in [-0.15, -0.1) is 0 Å². The maximum Gasteiger partial charge on any atom is 0.309 e. The minimum Gasteiger partial charge on any atom is -0.481 e. The number of pyridine rings is 1. The van der Waals surface area contributed by atoms with Crippen molar-refractivity contribution in [3.63, 3.8) is 0 Å². The second-order valence-corrected chi connectivity index (χ2v) is 9.12. The molecule has 1 N–H and O–H groups in total. The number of fused-ring (bicyclic) bond motifs is 3. The number of likely N-dealkylation sites (tertiary alicyclic amines) is 1. The normalized spacial score (nSPS) is 28.5. The average Bonchev–Trinajstić information content (AvgIpc) is 2.93. The van der Waals surface area contributed by atoms with Gasteiger partial charge in [0, 0.05) is 25.3 Å². The van der Waals surface area contributed by atoms with E-state index in [1.807, 2.05) is 24.4 Å². The van der Waals surface area contributed by atoms with E-state index in [0.717, 1.165) is 24.4 Å². The van der Waals surface area contributed by atoms with Crippen molar-refractivity contribution in [2.75, 3.05) is 6.54 Å². The first-order valence-corrected chi connectivity index (χ1v) is 9.15. The van der Waals surface area contributed by atoms with Crippen molar-refractivity contribution in [3.8, 4) is 0 Å². The number of imidazole rings is 1. The monoisotopic (exact) mass is 341 g/mol. The molecule has 0 aromatic carbocycles. The minimum absolute atomic E-state index is 0.0156. The molecule has 0 radical (unpaired) electrons. The van der Waals surface area contributed by atoms with E-state index >= 15 is 0 Å². The first kappa shape index (κ1) is 16.6. The van der Waals surface area contributed by atoms with Crippen LogP contribution in [0.5, 0.6) is 0 Å². The Balaban J connectivity index is 1.68. The molecule has 1 aliphatic carbocycles. The molecule has 5 heteroatoms. The standard InChI is InChI=1S/C20H27N3O2/c1-19(2)9-14-10-20(3,12-19)13-22(14)11-16-15(8-18(24)25)21-17-6-4-5-7-23(16)17/h4-7,14H,8-13H2,1-3H3,(H,24,25). The summed E-state index contributed by atoms with van der Waals surface area (Å²) in [6.45, 7) is 9.04. The Kier molecular flexibility index (Phi) is 3.69. The summed E-state index contributed by atoms with van der Waals surface area (Å²) in [7, 11) is 0. The van der Waals surface area contributed by atoms with Gasteiger partial charge >= 0.3 is 5.97 Å². The van der Waals surface area contributed by atoms with Gasteiger partial charge in [-0.3, -0.25) is 9.69 Å². The fourth-order valence-electron chi connectivity index (χ4n) is 5.50. The maximum atomic E-state index is 11.3. The number of carboxylic acids is 1. The predicted molar refractivity (Wildman–Crippen MR) is 96.5 cm³/mol. The molecular weight excluding hydrogens is 314 g/mol. The van der Waals surface area contributed by atoms with Gasteiger partial charge < -0.3 is 9.51 Å². The molecule has 2 bridgehead atoms. The van der Waals surface area contributed by atoms with Crippen LogP contribution in [0.15, 0.2) is 24.4 Å². The molecule has 3 heterocycles. The molecule has 2 aromatic heterocycles. The van der Waals surface area contributed by atoms with E-state index in [0.29, 0.717) is 22.6 Å². The number of carboxylic acid groups (broad SMARTS) is 1. The molecule has 2 fully saturated rings. The highest BCUT2D eigenvalue weighted by molar-refractivity contribution is 5.70. The van der Waals surface area contributed by atoms with Gasteiger partial charge in [0.25, 0.3) is 0 Å². The van der Waals surface area contributed by atoms with Crippen LogP contribution in [-0.4, -0.2) is 37.9 Å². The number of nitrogens with zero attached hydrogens (tertiary/aromatic N) is 3. The van der Waals surface area contributed by atoms with Crippen LogP contribution in [0.3, 0.4) is 0 Å². The van der Waals surface area contributed by atoms with Crippen molar-refractivity contribution < 1.29 is 9.90 Å². The molecule has 2 aliphatic rings. The topological polar surface area (TPSA) is 57.8 Å². The van der Waals surface area contributed by atoms with Crippen molar-refractivity contribution in [2.24, 2.45) is 10.8 Å². The lowest BCUT2D eigenvalue weighted by Gasteiger charge is -2.39. The first-order chi connectivity index (χ1) is 11.7. The van der Waals surface area contributed by atoms with Crippen LogP contribution >= 0.6 is 0 Å². The molecule has 5 nitrogen and oxygen atoms in total. The van der Waals surface area contributed by atoms with Gasteiger partial charge in [-0.25, -0.2) is 4.98 Å². The number of carbonyl (C=O) groups is 1. The SMILES string of the molecule is CC1(C)CC2CC(C)(CN2Cc2c(CC(=O)O)nc3ccccn23)C1. The molecular formula is C20H27N3O2. The van der Waals surface area contributed by atoms with Gasteiger partial charge in [-0.1, -0.05) is 26.8 Å². The van der Waals surface area contributed by atoms with E-state index in [9.17, 15) is 9.90 Å². The predicted octanol–water partition coefficient (Wildman–Crippen LogP) is 3.36.